The minimum absolute atomic E-state index is 0.0913. The molecule has 21 heavy (non-hydrogen) atoms. The zero-order valence-corrected chi connectivity index (χ0v) is 12.3. The van der Waals surface area contributed by atoms with E-state index >= 15 is 0 Å². The Balaban J connectivity index is 2.01. The van der Waals surface area contributed by atoms with Crippen molar-refractivity contribution >= 4 is 23.6 Å². The second kappa shape index (κ2) is 5.83. The molecular formula is C14H20N2O5. The number of esters is 1. The average molecular weight is 296 g/mol. The lowest BCUT2D eigenvalue weighted by Gasteiger charge is -2.29. The van der Waals surface area contributed by atoms with E-state index in [4.69, 9.17) is 4.74 Å². The molecule has 0 aliphatic carbocycles. The summed E-state index contributed by atoms with van der Waals surface area (Å²) in [6.45, 7) is 3.26. The van der Waals surface area contributed by atoms with Gasteiger partial charge in [-0.25, -0.2) is 5.01 Å². The highest BCUT2D eigenvalue weighted by Crippen LogP contribution is 2.34. The van der Waals surface area contributed by atoms with Gasteiger partial charge in [0.2, 0.25) is 11.8 Å². The number of ketones is 1. The number of amides is 2. The summed E-state index contributed by atoms with van der Waals surface area (Å²) in [7, 11) is 0. The van der Waals surface area contributed by atoms with Crippen LogP contribution in [0, 0.1) is 5.92 Å². The SMILES string of the molecule is CCCC1CC(C)(C(=O)CN2NC(=O)CCC2=O)OC1=O. The number of Topliss-reactive ketones (excluding diaryl/α,β-unsaturated/α-hetero) is 1. The normalized spacial score (nSPS) is 29.3. The summed E-state index contributed by atoms with van der Waals surface area (Å²) in [6.07, 6.45) is 2.07. The van der Waals surface area contributed by atoms with Crippen molar-refractivity contribution in [3.05, 3.63) is 0 Å². The smallest absolute Gasteiger partial charge is 0.310 e. The summed E-state index contributed by atoms with van der Waals surface area (Å²) in [5, 5.41) is 1.01. The van der Waals surface area contributed by atoms with Gasteiger partial charge in [0.05, 0.1) is 5.92 Å². The fourth-order valence-corrected chi connectivity index (χ4v) is 2.70. The van der Waals surface area contributed by atoms with Crippen molar-refractivity contribution in [2.24, 2.45) is 5.92 Å². The van der Waals surface area contributed by atoms with Crippen molar-refractivity contribution in [1.82, 2.24) is 10.4 Å². The third kappa shape index (κ3) is 3.22. The van der Waals surface area contributed by atoms with E-state index < -0.39 is 5.60 Å². The van der Waals surface area contributed by atoms with Gasteiger partial charge in [-0.1, -0.05) is 13.3 Å². The Morgan fingerprint density at radius 3 is 2.76 bits per heavy atom. The number of nitrogens with zero attached hydrogens (tertiary/aromatic N) is 1. The molecular weight excluding hydrogens is 276 g/mol. The number of rotatable bonds is 5. The summed E-state index contributed by atoms with van der Waals surface area (Å²) in [6, 6.07) is 0. The van der Waals surface area contributed by atoms with Gasteiger partial charge in [-0.15, -0.1) is 0 Å². The van der Waals surface area contributed by atoms with Crippen LogP contribution in [-0.2, 0) is 23.9 Å². The van der Waals surface area contributed by atoms with E-state index in [1.54, 1.807) is 6.92 Å². The molecule has 116 valence electrons. The molecule has 2 rings (SSSR count). The molecule has 2 aliphatic rings. The third-order valence-corrected chi connectivity index (χ3v) is 3.95. The summed E-state index contributed by atoms with van der Waals surface area (Å²) < 4.78 is 5.24. The summed E-state index contributed by atoms with van der Waals surface area (Å²) in [4.78, 5) is 47.1. The lowest BCUT2D eigenvalue weighted by Crippen LogP contribution is -2.55. The number of hydrogen-bond acceptors (Lipinski definition) is 5. The van der Waals surface area contributed by atoms with Crippen LogP contribution < -0.4 is 5.43 Å². The van der Waals surface area contributed by atoms with E-state index in [0.717, 1.165) is 11.4 Å². The van der Waals surface area contributed by atoms with E-state index in [2.05, 4.69) is 5.43 Å². The number of hydrazine groups is 1. The fourth-order valence-electron chi connectivity index (χ4n) is 2.70. The topological polar surface area (TPSA) is 92.8 Å². The monoisotopic (exact) mass is 296 g/mol. The highest BCUT2D eigenvalue weighted by atomic mass is 16.6. The zero-order chi connectivity index (χ0) is 15.6. The Kier molecular flexibility index (Phi) is 4.29. The Morgan fingerprint density at radius 1 is 1.38 bits per heavy atom. The maximum absolute atomic E-state index is 12.4. The Bertz CT molecular complexity index is 490. The second-order valence-electron chi connectivity index (χ2n) is 5.78. The van der Waals surface area contributed by atoms with Gasteiger partial charge in [-0.3, -0.25) is 24.6 Å². The van der Waals surface area contributed by atoms with Crippen molar-refractivity contribution in [2.45, 2.75) is 51.6 Å². The maximum Gasteiger partial charge on any atom is 0.310 e. The minimum Gasteiger partial charge on any atom is -0.451 e. The van der Waals surface area contributed by atoms with Crippen LogP contribution in [0.5, 0.6) is 0 Å². The van der Waals surface area contributed by atoms with Gasteiger partial charge in [0.1, 0.15) is 6.54 Å². The van der Waals surface area contributed by atoms with E-state index in [1.807, 2.05) is 6.92 Å². The number of carbonyl (C=O) groups excluding carboxylic acids is 4. The van der Waals surface area contributed by atoms with Crippen LogP contribution in [0.2, 0.25) is 0 Å². The molecule has 2 saturated heterocycles. The predicted octanol–water partition coefficient (Wildman–Crippen LogP) is 0.331. The highest BCUT2D eigenvalue weighted by molar-refractivity contribution is 5.97. The lowest BCUT2D eigenvalue weighted by atomic mass is 9.89. The summed E-state index contributed by atoms with van der Waals surface area (Å²) in [5.41, 5.74) is 1.16. The third-order valence-electron chi connectivity index (χ3n) is 3.95. The molecule has 2 amide bonds. The maximum atomic E-state index is 12.4. The summed E-state index contributed by atoms with van der Waals surface area (Å²) in [5.74, 6) is -1.59. The Hall–Kier alpha value is -1.92. The first-order valence-electron chi connectivity index (χ1n) is 7.21. The van der Waals surface area contributed by atoms with Gasteiger partial charge >= 0.3 is 5.97 Å². The van der Waals surface area contributed by atoms with Crippen molar-refractivity contribution in [3.63, 3.8) is 0 Å². The second-order valence-corrected chi connectivity index (χ2v) is 5.78. The molecule has 2 fully saturated rings. The van der Waals surface area contributed by atoms with Gasteiger partial charge in [0.15, 0.2) is 11.4 Å². The molecule has 0 saturated carbocycles. The van der Waals surface area contributed by atoms with Crippen LogP contribution in [0.25, 0.3) is 0 Å². The lowest BCUT2D eigenvalue weighted by molar-refractivity contribution is -0.160. The van der Waals surface area contributed by atoms with Crippen molar-refractivity contribution < 1.29 is 23.9 Å². The molecule has 1 N–H and O–H groups in total. The molecule has 0 aromatic heterocycles. The number of nitrogens with one attached hydrogen (secondary N) is 1. The highest BCUT2D eigenvalue weighted by Gasteiger charge is 2.48. The molecule has 0 spiro atoms. The Labute approximate surface area is 123 Å². The van der Waals surface area contributed by atoms with Crippen LogP contribution in [0.3, 0.4) is 0 Å². The van der Waals surface area contributed by atoms with Gasteiger partial charge in [0, 0.05) is 19.3 Å². The van der Waals surface area contributed by atoms with Crippen molar-refractivity contribution in [2.75, 3.05) is 6.54 Å². The number of ether oxygens (including phenoxy) is 1. The standard InChI is InChI=1S/C14H20N2O5/c1-3-4-9-7-14(2,21-13(9)20)10(17)8-16-12(19)6-5-11(18)15-16/h9H,3-8H2,1-2H3,(H,15,18). The molecule has 7 heteroatoms. The van der Waals surface area contributed by atoms with Crippen molar-refractivity contribution in [1.29, 1.82) is 0 Å². The van der Waals surface area contributed by atoms with Gasteiger partial charge < -0.3 is 4.74 Å². The fraction of sp³-hybridized carbons (Fsp3) is 0.714. The molecule has 0 aromatic rings. The van der Waals surface area contributed by atoms with Crippen LogP contribution in [0.4, 0.5) is 0 Å². The van der Waals surface area contributed by atoms with Crippen molar-refractivity contribution in [3.8, 4) is 0 Å². The summed E-state index contributed by atoms with van der Waals surface area (Å²) >= 11 is 0. The average Bonchev–Trinajstić information content (AvgIpc) is 2.71. The van der Waals surface area contributed by atoms with Gasteiger partial charge in [-0.05, 0) is 13.3 Å². The van der Waals surface area contributed by atoms with Crippen LogP contribution >= 0.6 is 0 Å². The van der Waals surface area contributed by atoms with Gasteiger partial charge in [0.25, 0.3) is 0 Å². The van der Waals surface area contributed by atoms with Gasteiger partial charge in [-0.2, -0.15) is 0 Å². The van der Waals surface area contributed by atoms with E-state index in [0.29, 0.717) is 12.8 Å². The molecule has 2 atom stereocenters. The molecule has 0 aromatic carbocycles. The predicted molar refractivity (Wildman–Crippen MR) is 71.6 cm³/mol. The molecule has 7 nitrogen and oxygen atoms in total. The molecule has 2 aliphatic heterocycles. The molecule has 2 heterocycles. The van der Waals surface area contributed by atoms with Crippen LogP contribution in [0.1, 0.15) is 46.0 Å². The minimum atomic E-state index is -1.21. The largest absolute Gasteiger partial charge is 0.451 e. The first kappa shape index (κ1) is 15.5. The van der Waals surface area contributed by atoms with E-state index in [1.165, 1.54) is 0 Å². The number of carbonyl (C=O) groups is 4. The first-order valence-corrected chi connectivity index (χ1v) is 7.21. The quantitative estimate of drug-likeness (QED) is 0.738. The Morgan fingerprint density at radius 2 is 2.10 bits per heavy atom. The number of hydrogen-bond donors (Lipinski definition) is 1. The zero-order valence-electron chi connectivity index (χ0n) is 12.3. The molecule has 0 radical (unpaired) electrons. The van der Waals surface area contributed by atoms with Crippen LogP contribution in [-0.4, -0.2) is 40.7 Å². The van der Waals surface area contributed by atoms with Crippen LogP contribution in [0.15, 0.2) is 0 Å². The van der Waals surface area contributed by atoms with E-state index in [9.17, 15) is 19.2 Å². The van der Waals surface area contributed by atoms with E-state index in [-0.39, 0.29) is 48.9 Å². The molecule has 2 unspecified atom stereocenters. The molecule has 0 bridgehead atoms. The first-order chi connectivity index (χ1) is 9.85. The number of cyclic esters (lactones) is 1.